The van der Waals surface area contributed by atoms with Gasteiger partial charge in [-0.25, -0.2) is 0 Å². The van der Waals surface area contributed by atoms with E-state index in [0.717, 1.165) is 6.54 Å². The average molecular weight is 270 g/mol. The second kappa shape index (κ2) is 6.71. The fourth-order valence-electron chi connectivity index (χ4n) is 3.10. The van der Waals surface area contributed by atoms with Gasteiger partial charge in [-0.15, -0.1) is 0 Å². The Morgan fingerprint density at radius 2 is 2.16 bits per heavy atom. The topological polar surface area (TPSA) is 55.6 Å². The first kappa shape index (κ1) is 16.4. The molecule has 0 saturated carbocycles. The number of piperidine rings is 1. The zero-order valence-corrected chi connectivity index (χ0v) is 13.1. The average Bonchev–Trinajstić information content (AvgIpc) is 2.32. The molecule has 1 aliphatic rings. The van der Waals surface area contributed by atoms with Crippen molar-refractivity contribution >= 4 is 5.97 Å². The first-order valence-electron chi connectivity index (χ1n) is 7.51. The third-order valence-electron chi connectivity index (χ3n) is 4.45. The largest absolute Gasteiger partial charge is 0.465 e. The Morgan fingerprint density at radius 3 is 2.74 bits per heavy atom. The molecule has 1 aliphatic heterocycles. The summed E-state index contributed by atoms with van der Waals surface area (Å²) < 4.78 is 5.06. The van der Waals surface area contributed by atoms with E-state index < -0.39 is 5.54 Å². The number of ether oxygens (including phenoxy) is 1. The van der Waals surface area contributed by atoms with E-state index in [1.54, 1.807) is 6.92 Å². The summed E-state index contributed by atoms with van der Waals surface area (Å²) in [5.74, 6) is 0.419. The minimum absolute atomic E-state index is 0.292. The number of carbonyl (C=O) groups excluding carboxylic acids is 1. The number of nitrogens with zero attached hydrogens (tertiary/aromatic N) is 1. The molecular weight excluding hydrogens is 240 g/mol. The Balaban J connectivity index is 2.62. The van der Waals surface area contributed by atoms with Crippen LogP contribution in [0.2, 0.25) is 0 Å². The molecule has 0 aromatic heterocycles. The quantitative estimate of drug-likeness (QED) is 0.778. The lowest BCUT2D eigenvalue weighted by atomic mass is 9.87. The van der Waals surface area contributed by atoms with Gasteiger partial charge in [0.05, 0.1) is 6.61 Å². The maximum absolute atomic E-state index is 11.9. The van der Waals surface area contributed by atoms with E-state index in [9.17, 15) is 4.79 Å². The van der Waals surface area contributed by atoms with Crippen molar-refractivity contribution in [1.82, 2.24) is 4.90 Å². The van der Waals surface area contributed by atoms with Crippen LogP contribution in [0.1, 0.15) is 53.9 Å². The SMILES string of the molecule is CCOC(=O)C(C)(N)CC(C)N1CCCC(C)C1C. The first-order chi connectivity index (χ1) is 8.79. The van der Waals surface area contributed by atoms with Crippen LogP contribution in [0.4, 0.5) is 0 Å². The van der Waals surface area contributed by atoms with Crippen LogP contribution >= 0.6 is 0 Å². The summed E-state index contributed by atoms with van der Waals surface area (Å²) >= 11 is 0. The molecule has 4 heteroatoms. The van der Waals surface area contributed by atoms with Gasteiger partial charge in [-0.05, 0) is 59.4 Å². The van der Waals surface area contributed by atoms with Crippen molar-refractivity contribution in [3.05, 3.63) is 0 Å². The molecule has 0 spiro atoms. The minimum Gasteiger partial charge on any atom is -0.465 e. The second-order valence-electron chi connectivity index (χ2n) is 6.29. The number of carbonyl (C=O) groups is 1. The maximum Gasteiger partial charge on any atom is 0.325 e. The summed E-state index contributed by atoms with van der Waals surface area (Å²) in [7, 11) is 0. The van der Waals surface area contributed by atoms with Crippen LogP contribution in [-0.4, -0.2) is 41.6 Å². The molecule has 1 rings (SSSR count). The van der Waals surface area contributed by atoms with E-state index in [1.165, 1.54) is 12.8 Å². The number of hydrogen-bond donors (Lipinski definition) is 1. The molecule has 4 unspecified atom stereocenters. The van der Waals surface area contributed by atoms with Gasteiger partial charge in [0, 0.05) is 12.1 Å². The van der Waals surface area contributed by atoms with E-state index in [4.69, 9.17) is 10.5 Å². The third kappa shape index (κ3) is 4.18. The maximum atomic E-state index is 11.9. The lowest BCUT2D eigenvalue weighted by Gasteiger charge is -2.43. The fourth-order valence-corrected chi connectivity index (χ4v) is 3.10. The van der Waals surface area contributed by atoms with Crippen molar-refractivity contribution in [1.29, 1.82) is 0 Å². The van der Waals surface area contributed by atoms with E-state index in [2.05, 4.69) is 25.7 Å². The van der Waals surface area contributed by atoms with Crippen molar-refractivity contribution in [2.24, 2.45) is 11.7 Å². The van der Waals surface area contributed by atoms with E-state index in [0.29, 0.717) is 31.0 Å². The van der Waals surface area contributed by atoms with Crippen LogP contribution in [-0.2, 0) is 9.53 Å². The Hall–Kier alpha value is -0.610. The van der Waals surface area contributed by atoms with Gasteiger partial charge in [-0.1, -0.05) is 6.92 Å². The molecule has 0 amide bonds. The van der Waals surface area contributed by atoms with Gasteiger partial charge >= 0.3 is 5.97 Å². The molecule has 0 aromatic carbocycles. The van der Waals surface area contributed by atoms with Crippen molar-refractivity contribution in [3.8, 4) is 0 Å². The number of nitrogens with two attached hydrogens (primary N) is 1. The van der Waals surface area contributed by atoms with E-state index >= 15 is 0 Å². The Kier molecular flexibility index (Phi) is 5.81. The summed E-state index contributed by atoms with van der Waals surface area (Å²) in [5, 5.41) is 0. The summed E-state index contributed by atoms with van der Waals surface area (Å²) in [6, 6.07) is 0.860. The summed E-state index contributed by atoms with van der Waals surface area (Å²) in [5.41, 5.74) is 5.24. The number of likely N-dealkylation sites (tertiary alicyclic amines) is 1. The van der Waals surface area contributed by atoms with Crippen molar-refractivity contribution in [2.45, 2.75) is 71.5 Å². The highest BCUT2D eigenvalue weighted by Gasteiger charge is 2.36. The standard InChI is InChI=1S/C15H30N2O2/c1-6-19-14(18)15(5,16)10-12(3)17-9-7-8-11(2)13(17)4/h11-13H,6-10,16H2,1-5H3. The van der Waals surface area contributed by atoms with E-state index in [1.807, 2.05) is 6.92 Å². The lowest BCUT2D eigenvalue weighted by Crippen LogP contribution is -2.54. The van der Waals surface area contributed by atoms with Crippen LogP contribution in [0, 0.1) is 5.92 Å². The zero-order valence-electron chi connectivity index (χ0n) is 13.1. The summed E-state index contributed by atoms with van der Waals surface area (Å²) in [6.45, 7) is 11.8. The normalized spacial score (nSPS) is 29.6. The molecule has 4 atom stereocenters. The third-order valence-corrected chi connectivity index (χ3v) is 4.45. The number of esters is 1. The van der Waals surface area contributed by atoms with Crippen LogP contribution in [0.5, 0.6) is 0 Å². The monoisotopic (exact) mass is 270 g/mol. The van der Waals surface area contributed by atoms with Gasteiger partial charge in [-0.2, -0.15) is 0 Å². The molecule has 0 radical (unpaired) electrons. The van der Waals surface area contributed by atoms with Gasteiger partial charge in [0.15, 0.2) is 0 Å². The Bertz CT molecular complexity index is 305. The van der Waals surface area contributed by atoms with Crippen LogP contribution in [0.15, 0.2) is 0 Å². The van der Waals surface area contributed by atoms with Crippen LogP contribution < -0.4 is 5.73 Å². The Labute approximate surface area is 117 Å². The first-order valence-corrected chi connectivity index (χ1v) is 7.51. The molecule has 1 saturated heterocycles. The molecule has 2 N–H and O–H groups in total. The highest BCUT2D eigenvalue weighted by Crippen LogP contribution is 2.27. The fraction of sp³-hybridized carbons (Fsp3) is 0.933. The summed E-state index contributed by atoms with van der Waals surface area (Å²) in [4.78, 5) is 14.3. The Morgan fingerprint density at radius 1 is 1.53 bits per heavy atom. The summed E-state index contributed by atoms with van der Waals surface area (Å²) in [6.07, 6.45) is 3.17. The number of hydrogen-bond acceptors (Lipinski definition) is 4. The second-order valence-corrected chi connectivity index (χ2v) is 6.29. The molecule has 19 heavy (non-hydrogen) atoms. The van der Waals surface area contributed by atoms with Crippen molar-refractivity contribution in [3.63, 3.8) is 0 Å². The molecule has 1 fully saturated rings. The lowest BCUT2D eigenvalue weighted by molar-refractivity contribution is -0.150. The molecule has 4 nitrogen and oxygen atoms in total. The van der Waals surface area contributed by atoms with Gasteiger partial charge in [0.2, 0.25) is 0 Å². The molecule has 112 valence electrons. The highest BCUT2D eigenvalue weighted by molar-refractivity contribution is 5.80. The minimum atomic E-state index is -0.893. The predicted octanol–water partition coefficient (Wildman–Crippen LogP) is 2.17. The number of rotatable bonds is 5. The van der Waals surface area contributed by atoms with Gasteiger partial charge in [-0.3, -0.25) is 9.69 Å². The van der Waals surface area contributed by atoms with Crippen LogP contribution in [0.25, 0.3) is 0 Å². The van der Waals surface area contributed by atoms with Crippen molar-refractivity contribution < 1.29 is 9.53 Å². The highest BCUT2D eigenvalue weighted by atomic mass is 16.5. The zero-order chi connectivity index (χ0) is 14.6. The molecule has 0 aliphatic carbocycles. The molecule has 1 heterocycles. The smallest absolute Gasteiger partial charge is 0.325 e. The van der Waals surface area contributed by atoms with Gasteiger partial charge in [0.25, 0.3) is 0 Å². The van der Waals surface area contributed by atoms with E-state index in [-0.39, 0.29) is 5.97 Å². The molecular formula is C15H30N2O2. The van der Waals surface area contributed by atoms with Gasteiger partial charge in [0.1, 0.15) is 5.54 Å². The van der Waals surface area contributed by atoms with Crippen molar-refractivity contribution in [2.75, 3.05) is 13.2 Å². The predicted molar refractivity (Wildman–Crippen MR) is 77.9 cm³/mol. The molecule has 0 aromatic rings. The van der Waals surface area contributed by atoms with Gasteiger partial charge < -0.3 is 10.5 Å². The molecule has 0 bridgehead atoms. The van der Waals surface area contributed by atoms with Crippen LogP contribution in [0.3, 0.4) is 0 Å².